The summed E-state index contributed by atoms with van der Waals surface area (Å²) in [6.07, 6.45) is 1.02. The maximum absolute atomic E-state index is 11.8. The minimum absolute atomic E-state index is 0. The van der Waals surface area contributed by atoms with Gasteiger partial charge in [-0.3, -0.25) is 9.48 Å². The van der Waals surface area contributed by atoms with Gasteiger partial charge in [0.05, 0.1) is 0 Å². The first-order valence-corrected chi connectivity index (χ1v) is 6.20. The second-order valence-corrected chi connectivity index (χ2v) is 4.54. The summed E-state index contributed by atoms with van der Waals surface area (Å²) in [5.41, 5.74) is 8.56. The molecule has 0 aliphatic carbocycles. The largest absolute Gasteiger partial charge is 0.399 e. The molecule has 1 amide bonds. The van der Waals surface area contributed by atoms with Gasteiger partial charge in [-0.2, -0.15) is 5.10 Å². The van der Waals surface area contributed by atoms with Crippen molar-refractivity contribution >= 4 is 29.8 Å². The van der Waals surface area contributed by atoms with Crippen LogP contribution < -0.4 is 11.1 Å². The average Bonchev–Trinajstić information content (AvgIpc) is 2.67. The van der Waals surface area contributed by atoms with Gasteiger partial charge < -0.3 is 11.1 Å². The smallest absolute Gasteiger partial charge is 0.225 e. The van der Waals surface area contributed by atoms with E-state index in [1.807, 2.05) is 44.3 Å². The van der Waals surface area contributed by atoms with Crippen molar-refractivity contribution in [2.45, 2.75) is 19.8 Å². The van der Waals surface area contributed by atoms with Gasteiger partial charge >= 0.3 is 0 Å². The third-order valence-electron chi connectivity index (χ3n) is 3.06. The van der Waals surface area contributed by atoms with Gasteiger partial charge in [0.15, 0.2) is 5.82 Å². The molecule has 3 N–H and O–H groups in total. The Morgan fingerprint density at radius 3 is 2.70 bits per heavy atom. The number of benzene rings is 1. The van der Waals surface area contributed by atoms with Crippen molar-refractivity contribution in [1.82, 2.24) is 9.78 Å². The lowest BCUT2D eigenvalue weighted by molar-refractivity contribution is -0.116. The number of nitrogen functional groups attached to an aromatic ring is 1. The van der Waals surface area contributed by atoms with E-state index in [-0.39, 0.29) is 18.3 Å². The molecule has 0 unspecified atom stereocenters. The first-order chi connectivity index (χ1) is 9.06. The summed E-state index contributed by atoms with van der Waals surface area (Å²) >= 11 is 0. The number of halogens is 1. The number of nitrogens with zero attached hydrogens (tertiary/aromatic N) is 2. The van der Waals surface area contributed by atoms with E-state index in [0.717, 1.165) is 16.9 Å². The number of hydrogen-bond acceptors (Lipinski definition) is 3. The standard InChI is InChI=1S/C14H18N4O.ClH/c1-10-9-13(17-18(10)2)16-14(19)8-7-11-5-3-4-6-12(11)15;/h3-6,9H,7-8,15H2,1-2H3,(H,16,17,19);1H. The molecule has 20 heavy (non-hydrogen) atoms. The Kier molecular flexibility index (Phi) is 5.58. The minimum atomic E-state index is -0.0543. The normalized spacial score (nSPS) is 9.90. The summed E-state index contributed by atoms with van der Waals surface area (Å²) in [7, 11) is 1.84. The fourth-order valence-electron chi connectivity index (χ4n) is 1.84. The molecular formula is C14H19ClN4O. The van der Waals surface area contributed by atoms with E-state index in [4.69, 9.17) is 5.73 Å². The van der Waals surface area contributed by atoms with Crippen LogP contribution in [-0.4, -0.2) is 15.7 Å². The van der Waals surface area contributed by atoms with Crippen LogP contribution in [0.15, 0.2) is 30.3 Å². The highest BCUT2D eigenvalue weighted by molar-refractivity contribution is 5.90. The molecule has 0 atom stereocenters. The number of carbonyl (C=O) groups is 1. The predicted molar refractivity (Wildman–Crippen MR) is 83.0 cm³/mol. The summed E-state index contributed by atoms with van der Waals surface area (Å²) < 4.78 is 1.73. The molecule has 1 aromatic carbocycles. The van der Waals surface area contributed by atoms with Gasteiger partial charge in [-0.1, -0.05) is 18.2 Å². The quantitative estimate of drug-likeness (QED) is 0.850. The summed E-state index contributed by atoms with van der Waals surface area (Å²) in [6.45, 7) is 1.94. The van der Waals surface area contributed by atoms with E-state index in [1.54, 1.807) is 4.68 Å². The second-order valence-electron chi connectivity index (χ2n) is 4.54. The molecular weight excluding hydrogens is 276 g/mol. The molecule has 0 spiro atoms. The van der Waals surface area contributed by atoms with Gasteiger partial charge in [0.25, 0.3) is 0 Å². The molecule has 2 aromatic rings. The number of amides is 1. The summed E-state index contributed by atoms with van der Waals surface area (Å²) in [6, 6.07) is 9.43. The maximum Gasteiger partial charge on any atom is 0.225 e. The number of aryl methyl sites for hydroxylation is 3. The van der Waals surface area contributed by atoms with Gasteiger partial charge in [0, 0.05) is 30.9 Å². The number of carbonyl (C=O) groups excluding carboxylic acids is 1. The van der Waals surface area contributed by atoms with Crippen LogP contribution in [0, 0.1) is 6.92 Å². The van der Waals surface area contributed by atoms with Gasteiger partial charge in [0.1, 0.15) is 0 Å². The number of para-hydroxylation sites is 1. The highest BCUT2D eigenvalue weighted by atomic mass is 35.5. The molecule has 5 nitrogen and oxygen atoms in total. The average molecular weight is 295 g/mol. The van der Waals surface area contributed by atoms with E-state index < -0.39 is 0 Å². The molecule has 0 radical (unpaired) electrons. The van der Waals surface area contributed by atoms with Crippen molar-refractivity contribution in [2.24, 2.45) is 7.05 Å². The fraction of sp³-hybridized carbons (Fsp3) is 0.286. The van der Waals surface area contributed by atoms with Crippen molar-refractivity contribution < 1.29 is 4.79 Å². The monoisotopic (exact) mass is 294 g/mol. The molecule has 108 valence electrons. The summed E-state index contributed by atoms with van der Waals surface area (Å²) in [4.78, 5) is 11.8. The third-order valence-corrected chi connectivity index (χ3v) is 3.06. The molecule has 1 aromatic heterocycles. The first-order valence-electron chi connectivity index (χ1n) is 6.20. The Labute approximate surface area is 124 Å². The van der Waals surface area contributed by atoms with Crippen molar-refractivity contribution in [2.75, 3.05) is 11.1 Å². The summed E-state index contributed by atoms with van der Waals surface area (Å²) in [5.74, 6) is 0.535. The second kappa shape index (κ2) is 6.96. The Balaban J connectivity index is 0.00000200. The molecule has 0 aliphatic heterocycles. The zero-order valence-electron chi connectivity index (χ0n) is 11.6. The van der Waals surface area contributed by atoms with Gasteiger partial charge in [0.2, 0.25) is 5.91 Å². The molecule has 2 rings (SSSR count). The van der Waals surface area contributed by atoms with Crippen LogP contribution in [0.3, 0.4) is 0 Å². The predicted octanol–water partition coefficient (Wildman–Crippen LogP) is 2.30. The lowest BCUT2D eigenvalue weighted by Gasteiger charge is -2.05. The molecule has 1 heterocycles. The van der Waals surface area contributed by atoms with Crippen molar-refractivity contribution in [1.29, 1.82) is 0 Å². The highest BCUT2D eigenvalue weighted by Gasteiger charge is 2.07. The molecule has 0 saturated carbocycles. The number of nitrogens with two attached hydrogens (primary N) is 1. The number of aromatic nitrogens is 2. The fourth-order valence-corrected chi connectivity index (χ4v) is 1.84. The topological polar surface area (TPSA) is 72.9 Å². The highest BCUT2D eigenvalue weighted by Crippen LogP contribution is 2.13. The minimum Gasteiger partial charge on any atom is -0.399 e. The van der Waals surface area contributed by atoms with Crippen LogP contribution in [0.4, 0.5) is 11.5 Å². The van der Waals surface area contributed by atoms with Crippen LogP contribution in [0.2, 0.25) is 0 Å². The molecule has 0 aliphatic rings. The number of anilines is 2. The number of hydrogen-bond donors (Lipinski definition) is 2. The van der Waals surface area contributed by atoms with Crippen LogP contribution >= 0.6 is 12.4 Å². The Bertz CT molecular complexity index is 575. The Hall–Kier alpha value is -2.01. The molecule has 0 saturated heterocycles. The van der Waals surface area contributed by atoms with Crippen LogP contribution in [0.5, 0.6) is 0 Å². The maximum atomic E-state index is 11.8. The van der Waals surface area contributed by atoms with E-state index in [0.29, 0.717) is 18.7 Å². The SMILES string of the molecule is Cc1cc(NC(=O)CCc2ccccc2N)nn1C.Cl. The van der Waals surface area contributed by atoms with Gasteiger partial charge in [-0.25, -0.2) is 0 Å². The summed E-state index contributed by atoms with van der Waals surface area (Å²) in [5, 5.41) is 6.96. The Morgan fingerprint density at radius 1 is 1.40 bits per heavy atom. The lowest BCUT2D eigenvalue weighted by Crippen LogP contribution is -2.13. The van der Waals surface area contributed by atoms with E-state index in [2.05, 4.69) is 10.4 Å². The van der Waals surface area contributed by atoms with Gasteiger partial charge in [-0.15, -0.1) is 12.4 Å². The lowest BCUT2D eigenvalue weighted by atomic mass is 10.1. The molecule has 0 fully saturated rings. The van der Waals surface area contributed by atoms with Crippen molar-refractivity contribution in [3.05, 3.63) is 41.6 Å². The molecule has 0 bridgehead atoms. The first kappa shape index (κ1) is 16.0. The van der Waals surface area contributed by atoms with Crippen LogP contribution in [-0.2, 0) is 18.3 Å². The third kappa shape index (κ3) is 3.99. The number of rotatable bonds is 4. The molecule has 6 heteroatoms. The van der Waals surface area contributed by atoms with E-state index in [1.165, 1.54) is 0 Å². The van der Waals surface area contributed by atoms with Crippen molar-refractivity contribution in [3.63, 3.8) is 0 Å². The van der Waals surface area contributed by atoms with Crippen LogP contribution in [0.25, 0.3) is 0 Å². The zero-order valence-corrected chi connectivity index (χ0v) is 12.4. The van der Waals surface area contributed by atoms with Crippen LogP contribution in [0.1, 0.15) is 17.7 Å². The van der Waals surface area contributed by atoms with E-state index >= 15 is 0 Å². The van der Waals surface area contributed by atoms with Gasteiger partial charge in [-0.05, 0) is 25.0 Å². The Morgan fingerprint density at radius 2 is 2.10 bits per heavy atom. The van der Waals surface area contributed by atoms with Crippen molar-refractivity contribution in [3.8, 4) is 0 Å². The number of nitrogens with one attached hydrogen (secondary N) is 1. The van der Waals surface area contributed by atoms with E-state index in [9.17, 15) is 4.79 Å². The zero-order chi connectivity index (χ0) is 13.8.